The number of aromatic nitrogens is 2. The molecule has 4 rings (SSSR count). The first kappa shape index (κ1) is 22.9. The van der Waals surface area contributed by atoms with Gasteiger partial charge >= 0.3 is 0 Å². The van der Waals surface area contributed by atoms with E-state index >= 15 is 0 Å². The Hall–Kier alpha value is -4.24. The van der Waals surface area contributed by atoms with E-state index in [0.29, 0.717) is 11.4 Å². The molecule has 2 heterocycles. The third-order valence-electron chi connectivity index (χ3n) is 4.93. The van der Waals surface area contributed by atoms with E-state index in [1.54, 1.807) is 37.5 Å². The molecule has 4 aromatic rings. The van der Waals surface area contributed by atoms with Crippen LogP contribution in [0.1, 0.15) is 26.7 Å². The fourth-order valence-electron chi connectivity index (χ4n) is 3.13. The molecule has 0 bridgehead atoms. The number of benzene rings is 2. The van der Waals surface area contributed by atoms with Gasteiger partial charge in [0.05, 0.1) is 13.7 Å². The van der Waals surface area contributed by atoms with E-state index in [2.05, 4.69) is 20.8 Å². The quantitative estimate of drug-likeness (QED) is 0.371. The second kappa shape index (κ2) is 10.6. The lowest BCUT2D eigenvalue weighted by atomic mass is 10.1. The van der Waals surface area contributed by atoms with Crippen LogP contribution in [0.5, 0.6) is 5.75 Å². The number of thiophene rings is 1. The maximum Gasteiger partial charge on any atom is 0.268 e. The molecular weight excluding hydrogens is 452 g/mol. The van der Waals surface area contributed by atoms with E-state index in [-0.39, 0.29) is 24.0 Å². The predicted octanol–water partition coefficient (Wildman–Crippen LogP) is 4.20. The highest BCUT2D eigenvalue weighted by atomic mass is 32.1. The van der Waals surface area contributed by atoms with Crippen LogP contribution in [0.2, 0.25) is 0 Å². The summed E-state index contributed by atoms with van der Waals surface area (Å²) < 4.78 is 10.4. The van der Waals surface area contributed by atoms with Gasteiger partial charge in [-0.3, -0.25) is 9.59 Å². The van der Waals surface area contributed by atoms with E-state index in [9.17, 15) is 9.59 Å². The minimum absolute atomic E-state index is 0.00397. The summed E-state index contributed by atoms with van der Waals surface area (Å²) in [5.41, 5.74) is 2.18. The summed E-state index contributed by atoms with van der Waals surface area (Å²) in [4.78, 5) is 30.9. The smallest absolute Gasteiger partial charge is 0.268 e. The molecule has 0 aliphatic heterocycles. The average Bonchev–Trinajstić information content (AvgIpc) is 3.55. The van der Waals surface area contributed by atoms with Gasteiger partial charge in [-0.1, -0.05) is 29.4 Å². The van der Waals surface area contributed by atoms with Crippen molar-refractivity contribution in [3.05, 3.63) is 93.6 Å². The van der Waals surface area contributed by atoms with Crippen LogP contribution in [0.4, 0.5) is 0 Å². The third kappa shape index (κ3) is 5.57. The summed E-state index contributed by atoms with van der Waals surface area (Å²) in [6.45, 7) is 1.84. The fraction of sp³-hybridized carbons (Fsp3) is 0.120. The first-order valence-corrected chi connectivity index (χ1v) is 11.3. The monoisotopic (exact) mass is 474 g/mol. The molecule has 2 aromatic carbocycles. The summed E-state index contributed by atoms with van der Waals surface area (Å²) in [6.07, 6.45) is 1.63. The molecule has 2 amide bonds. The van der Waals surface area contributed by atoms with E-state index in [1.165, 1.54) is 11.3 Å². The molecular formula is C25H22N4O4S. The number of carbonyl (C=O) groups excluding carboxylic acids is 2. The van der Waals surface area contributed by atoms with Crippen LogP contribution in [0.15, 0.2) is 76.3 Å². The van der Waals surface area contributed by atoms with Gasteiger partial charge in [-0.05, 0) is 60.3 Å². The first-order valence-electron chi connectivity index (χ1n) is 10.4. The zero-order valence-corrected chi connectivity index (χ0v) is 19.4. The van der Waals surface area contributed by atoms with E-state index < -0.39 is 5.91 Å². The van der Waals surface area contributed by atoms with Gasteiger partial charge < -0.3 is 19.9 Å². The van der Waals surface area contributed by atoms with Gasteiger partial charge in [0.2, 0.25) is 11.7 Å². The minimum atomic E-state index is -0.473. The van der Waals surface area contributed by atoms with Crippen LogP contribution in [-0.2, 0) is 11.3 Å². The molecule has 0 radical (unpaired) electrons. The number of nitrogens with zero attached hydrogens (tertiary/aromatic N) is 2. The first-order chi connectivity index (χ1) is 16.5. The Labute approximate surface area is 200 Å². The Kier molecular flexibility index (Phi) is 7.14. The van der Waals surface area contributed by atoms with Crippen LogP contribution < -0.4 is 15.4 Å². The zero-order valence-electron chi connectivity index (χ0n) is 18.6. The molecule has 2 N–H and O–H groups in total. The molecule has 0 atom stereocenters. The van der Waals surface area contributed by atoms with Crippen molar-refractivity contribution in [1.82, 2.24) is 20.8 Å². The van der Waals surface area contributed by atoms with Crippen molar-refractivity contribution in [2.45, 2.75) is 13.5 Å². The van der Waals surface area contributed by atoms with Crippen molar-refractivity contribution in [1.29, 1.82) is 0 Å². The molecule has 34 heavy (non-hydrogen) atoms. The Morgan fingerprint density at radius 3 is 2.59 bits per heavy atom. The highest BCUT2D eigenvalue weighted by Crippen LogP contribution is 2.20. The molecule has 8 nitrogen and oxygen atoms in total. The highest BCUT2D eigenvalue weighted by Gasteiger charge is 2.17. The number of ether oxygens (including phenoxy) is 1. The molecule has 172 valence electrons. The minimum Gasteiger partial charge on any atom is -0.497 e. The van der Waals surface area contributed by atoms with Crippen molar-refractivity contribution >= 4 is 29.2 Å². The number of aryl methyl sites for hydroxylation is 1. The van der Waals surface area contributed by atoms with Crippen LogP contribution >= 0.6 is 11.3 Å². The molecule has 0 aliphatic rings. The maximum atomic E-state index is 12.9. The van der Waals surface area contributed by atoms with Gasteiger partial charge in [-0.25, -0.2) is 0 Å². The maximum absolute atomic E-state index is 12.9. The number of hydrogen-bond donors (Lipinski definition) is 2. The lowest BCUT2D eigenvalue weighted by Gasteiger charge is -2.11. The number of amides is 2. The van der Waals surface area contributed by atoms with E-state index in [0.717, 1.165) is 21.8 Å². The number of rotatable bonds is 8. The number of nitrogens with one attached hydrogen (secondary N) is 2. The van der Waals surface area contributed by atoms with Crippen LogP contribution in [0.25, 0.3) is 17.5 Å². The standard InChI is InChI=1S/C25H22N4O4S/c1-16-6-3-4-8-20(16)24(30)27-21(14-19-7-5-13-34-19)25(31)26-15-22-28-23(29-33-22)17-9-11-18(32-2)12-10-17/h3-14H,15H2,1-2H3,(H,26,31)(H,27,30)/b21-14-. The predicted molar refractivity (Wildman–Crippen MR) is 129 cm³/mol. The molecule has 0 fully saturated rings. The summed E-state index contributed by atoms with van der Waals surface area (Å²) >= 11 is 1.46. The number of carbonyl (C=O) groups is 2. The SMILES string of the molecule is COc1ccc(-c2noc(CNC(=O)/C(=C/c3cccs3)NC(=O)c3ccccc3C)n2)cc1. The van der Waals surface area contributed by atoms with Gasteiger partial charge in [0.25, 0.3) is 11.8 Å². The van der Waals surface area contributed by atoms with Crippen molar-refractivity contribution in [3.63, 3.8) is 0 Å². The zero-order chi connectivity index (χ0) is 23.9. The van der Waals surface area contributed by atoms with Crippen LogP contribution in [0, 0.1) is 6.92 Å². The molecule has 0 unspecified atom stereocenters. The van der Waals surface area contributed by atoms with Gasteiger partial charge in [0, 0.05) is 16.0 Å². The Morgan fingerprint density at radius 2 is 1.88 bits per heavy atom. The van der Waals surface area contributed by atoms with Gasteiger partial charge in [-0.2, -0.15) is 4.98 Å². The summed E-state index contributed by atoms with van der Waals surface area (Å²) in [6, 6.07) is 18.1. The molecule has 0 aliphatic carbocycles. The van der Waals surface area contributed by atoms with E-state index in [4.69, 9.17) is 9.26 Å². The summed E-state index contributed by atoms with van der Waals surface area (Å²) in [5.74, 6) is 0.515. The lowest BCUT2D eigenvalue weighted by molar-refractivity contribution is -0.118. The topological polar surface area (TPSA) is 106 Å². The fourth-order valence-corrected chi connectivity index (χ4v) is 3.78. The average molecular weight is 475 g/mol. The van der Waals surface area contributed by atoms with Crippen molar-refractivity contribution in [2.75, 3.05) is 7.11 Å². The summed E-state index contributed by atoms with van der Waals surface area (Å²) in [5, 5.41) is 11.3. The Balaban J connectivity index is 1.46. The Morgan fingerprint density at radius 1 is 1.09 bits per heavy atom. The Bertz CT molecular complexity index is 1310. The van der Waals surface area contributed by atoms with E-state index in [1.807, 2.05) is 48.7 Å². The van der Waals surface area contributed by atoms with Gasteiger partial charge in [0.1, 0.15) is 11.4 Å². The normalized spacial score (nSPS) is 11.2. The molecule has 2 aromatic heterocycles. The summed E-state index contributed by atoms with van der Waals surface area (Å²) in [7, 11) is 1.59. The van der Waals surface area contributed by atoms with Crippen molar-refractivity contribution in [3.8, 4) is 17.1 Å². The van der Waals surface area contributed by atoms with Gasteiger partial charge in [-0.15, -0.1) is 11.3 Å². The molecule has 0 saturated carbocycles. The molecule has 0 spiro atoms. The second-order valence-corrected chi connectivity index (χ2v) is 8.24. The second-order valence-electron chi connectivity index (χ2n) is 7.27. The number of methoxy groups -OCH3 is 1. The third-order valence-corrected chi connectivity index (χ3v) is 5.75. The van der Waals surface area contributed by atoms with Gasteiger partial charge in [0.15, 0.2) is 0 Å². The lowest BCUT2D eigenvalue weighted by Crippen LogP contribution is -2.34. The molecule has 0 saturated heterocycles. The highest BCUT2D eigenvalue weighted by molar-refractivity contribution is 7.10. The number of hydrogen-bond acceptors (Lipinski definition) is 7. The largest absolute Gasteiger partial charge is 0.497 e. The molecule has 9 heteroatoms. The van der Waals surface area contributed by atoms with Crippen molar-refractivity contribution in [2.24, 2.45) is 0 Å². The van der Waals surface area contributed by atoms with Crippen LogP contribution in [-0.4, -0.2) is 29.1 Å². The van der Waals surface area contributed by atoms with Crippen molar-refractivity contribution < 1.29 is 18.8 Å². The van der Waals surface area contributed by atoms with Crippen LogP contribution in [0.3, 0.4) is 0 Å².